The maximum atomic E-state index is 14.1. The first-order chi connectivity index (χ1) is 20.3. The molecule has 2 aliphatic heterocycles. The zero-order chi connectivity index (χ0) is 29.7. The van der Waals surface area contributed by atoms with Crippen molar-refractivity contribution in [2.75, 3.05) is 19.6 Å². The Balaban J connectivity index is 1.31. The molecule has 0 bridgehead atoms. The van der Waals surface area contributed by atoms with Crippen LogP contribution in [-0.2, 0) is 22.7 Å². The lowest BCUT2D eigenvalue weighted by molar-refractivity contribution is -0.136. The first-order valence-electron chi connectivity index (χ1n) is 14.8. The van der Waals surface area contributed by atoms with Gasteiger partial charge < -0.3 is 15.1 Å². The number of amides is 4. The highest BCUT2D eigenvalue weighted by molar-refractivity contribution is 9.10. The second-order valence-corrected chi connectivity index (χ2v) is 12.6. The maximum Gasteiger partial charge on any atom is 0.328 e. The van der Waals surface area contributed by atoms with Crippen molar-refractivity contribution < 1.29 is 14.4 Å². The molecule has 42 heavy (non-hydrogen) atoms. The number of rotatable bonds is 10. The van der Waals surface area contributed by atoms with Gasteiger partial charge in [0, 0.05) is 36.6 Å². The highest BCUT2D eigenvalue weighted by Crippen LogP contribution is 2.39. The number of imide groups is 1. The van der Waals surface area contributed by atoms with E-state index in [0.29, 0.717) is 32.5 Å². The molecule has 0 aliphatic carbocycles. The van der Waals surface area contributed by atoms with E-state index in [1.165, 1.54) is 4.90 Å². The number of halogens is 1. The van der Waals surface area contributed by atoms with Crippen LogP contribution < -0.4 is 5.32 Å². The number of urea groups is 1. The van der Waals surface area contributed by atoms with E-state index in [0.717, 1.165) is 34.1 Å². The van der Waals surface area contributed by atoms with Crippen molar-refractivity contribution >= 4 is 33.8 Å². The van der Waals surface area contributed by atoms with Crippen LogP contribution in [-0.4, -0.2) is 57.7 Å². The van der Waals surface area contributed by atoms with Crippen molar-refractivity contribution in [3.05, 3.63) is 106 Å². The van der Waals surface area contributed by atoms with Crippen LogP contribution in [0.4, 0.5) is 4.79 Å². The molecule has 1 unspecified atom stereocenters. The third kappa shape index (κ3) is 6.60. The second-order valence-electron chi connectivity index (χ2n) is 11.7. The maximum absolute atomic E-state index is 14.1. The molecule has 2 aliphatic rings. The summed E-state index contributed by atoms with van der Waals surface area (Å²) in [6.45, 7) is 6.67. The molecular formula is C34H39BrN4O3. The Kier molecular flexibility index (Phi) is 9.43. The Labute approximate surface area is 257 Å². The average molecular weight is 632 g/mol. The third-order valence-corrected chi connectivity index (χ3v) is 9.05. The zero-order valence-electron chi connectivity index (χ0n) is 24.3. The summed E-state index contributed by atoms with van der Waals surface area (Å²) in [6, 6.07) is 27.5. The number of carbonyl (C=O) groups is 3. The Bertz CT molecular complexity index is 1370. The molecule has 1 N–H and O–H groups in total. The van der Waals surface area contributed by atoms with Crippen molar-refractivity contribution in [2.45, 2.75) is 57.8 Å². The van der Waals surface area contributed by atoms with Crippen LogP contribution in [0.2, 0.25) is 0 Å². The summed E-state index contributed by atoms with van der Waals surface area (Å²) in [5, 5.41) is 3.22. The van der Waals surface area contributed by atoms with E-state index in [4.69, 9.17) is 0 Å². The molecule has 3 aromatic rings. The summed E-state index contributed by atoms with van der Waals surface area (Å²) in [7, 11) is 0. The number of hydrogen-bond donors (Lipinski definition) is 1. The largest absolute Gasteiger partial charge is 0.349 e. The smallest absolute Gasteiger partial charge is 0.328 e. The first kappa shape index (κ1) is 30.0. The van der Waals surface area contributed by atoms with E-state index in [2.05, 4.69) is 38.3 Å². The van der Waals surface area contributed by atoms with Gasteiger partial charge in [-0.15, -0.1) is 0 Å². The number of nitrogens with one attached hydrogen (secondary N) is 1. The molecule has 2 saturated heterocycles. The molecule has 5 rings (SSSR count). The molecule has 8 heteroatoms. The van der Waals surface area contributed by atoms with Gasteiger partial charge in [-0.2, -0.15) is 0 Å². The zero-order valence-corrected chi connectivity index (χ0v) is 25.9. The number of hydrogen-bond acceptors (Lipinski definition) is 4. The number of nitrogens with zero attached hydrogens (tertiary/aromatic N) is 3. The number of likely N-dealkylation sites (tertiary alicyclic amines) is 1. The molecule has 1 spiro atoms. The first-order valence-corrected chi connectivity index (χ1v) is 15.6. The van der Waals surface area contributed by atoms with Crippen molar-refractivity contribution in [1.82, 2.24) is 20.0 Å². The molecule has 0 saturated carbocycles. The Morgan fingerprint density at radius 1 is 0.857 bits per heavy atom. The van der Waals surface area contributed by atoms with Gasteiger partial charge in [0.1, 0.15) is 5.54 Å². The van der Waals surface area contributed by atoms with E-state index < -0.39 is 5.54 Å². The normalized spacial score (nSPS) is 17.7. The van der Waals surface area contributed by atoms with Crippen LogP contribution in [0.5, 0.6) is 0 Å². The molecule has 2 fully saturated rings. The molecule has 0 aromatic heterocycles. The fraction of sp³-hybridized carbons (Fsp3) is 0.382. The van der Waals surface area contributed by atoms with E-state index in [-0.39, 0.29) is 36.3 Å². The van der Waals surface area contributed by atoms with Gasteiger partial charge in [-0.05, 0) is 48.1 Å². The van der Waals surface area contributed by atoms with Crippen LogP contribution in [0.3, 0.4) is 0 Å². The Hall–Kier alpha value is -3.49. The van der Waals surface area contributed by atoms with E-state index in [1.54, 1.807) is 0 Å². The minimum Gasteiger partial charge on any atom is -0.349 e. The van der Waals surface area contributed by atoms with Crippen LogP contribution in [0.15, 0.2) is 89.4 Å². The summed E-state index contributed by atoms with van der Waals surface area (Å²) in [6.07, 6.45) is 1.93. The molecule has 220 valence electrons. The van der Waals surface area contributed by atoms with Crippen molar-refractivity contribution in [3.8, 4) is 0 Å². The van der Waals surface area contributed by atoms with Gasteiger partial charge in [-0.3, -0.25) is 14.5 Å². The predicted molar refractivity (Wildman–Crippen MR) is 167 cm³/mol. The lowest BCUT2D eigenvalue weighted by atomic mass is 9.85. The highest BCUT2D eigenvalue weighted by atomic mass is 79.9. The van der Waals surface area contributed by atoms with Gasteiger partial charge in [0.2, 0.25) is 5.91 Å². The molecule has 7 nitrogen and oxygen atoms in total. The van der Waals surface area contributed by atoms with E-state index in [9.17, 15) is 14.4 Å². The standard InChI is InChI=1S/C34H39BrN4O3/c1-25(2)31(40)36-30(28-11-7-4-8-12-28)17-20-37-21-18-34(19-22-37)32(41)38(23-27-13-15-29(35)16-14-27)33(42)39(34)24-26-9-5-3-6-10-26/h3-16,25,30H,17-24H2,1-2H3,(H,36,40). The monoisotopic (exact) mass is 630 g/mol. The van der Waals surface area contributed by atoms with Gasteiger partial charge in [0.15, 0.2) is 0 Å². The SMILES string of the molecule is CC(C)C(=O)NC(CCN1CCC2(CC1)C(=O)N(Cc1ccc(Br)cc1)C(=O)N2Cc1ccccc1)c1ccccc1. The second kappa shape index (κ2) is 13.2. The lowest BCUT2D eigenvalue weighted by Gasteiger charge is -2.42. The summed E-state index contributed by atoms with van der Waals surface area (Å²) in [4.78, 5) is 46.1. The quantitative estimate of drug-likeness (QED) is 0.273. The fourth-order valence-electron chi connectivity index (χ4n) is 5.97. The third-order valence-electron chi connectivity index (χ3n) is 8.52. The van der Waals surface area contributed by atoms with Crippen molar-refractivity contribution in [1.29, 1.82) is 0 Å². The lowest BCUT2D eigenvalue weighted by Crippen LogP contribution is -2.56. The molecule has 0 radical (unpaired) electrons. The molecule has 4 amide bonds. The number of piperidine rings is 1. The number of benzene rings is 3. The van der Waals surface area contributed by atoms with Gasteiger partial charge in [-0.1, -0.05) is 103 Å². The van der Waals surface area contributed by atoms with Gasteiger partial charge in [-0.25, -0.2) is 4.79 Å². The molecular weight excluding hydrogens is 592 g/mol. The number of carbonyl (C=O) groups excluding carboxylic acids is 3. The average Bonchev–Trinajstić information content (AvgIpc) is 3.18. The van der Waals surface area contributed by atoms with Gasteiger partial charge in [0.25, 0.3) is 5.91 Å². The summed E-state index contributed by atoms with van der Waals surface area (Å²) in [5.74, 6) is -0.149. The molecule has 1 atom stereocenters. The van der Waals surface area contributed by atoms with Crippen LogP contribution >= 0.6 is 15.9 Å². The Morgan fingerprint density at radius 2 is 1.45 bits per heavy atom. The fourth-order valence-corrected chi connectivity index (χ4v) is 6.23. The van der Waals surface area contributed by atoms with Crippen LogP contribution in [0, 0.1) is 5.92 Å². The minimum absolute atomic E-state index is 0.0407. The summed E-state index contributed by atoms with van der Waals surface area (Å²) < 4.78 is 0.957. The minimum atomic E-state index is -0.858. The van der Waals surface area contributed by atoms with Crippen molar-refractivity contribution in [2.24, 2.45) is 5.92 Å². The van der Waals surface area contributed by atoms with Crippen LogP contribution in [0.1, 0.15) is 55.8 Å². The summed E-state index contributed by atoms with van der Waals surface area (Å²) in [5.41, 5.74) is 2.17. The summed E-state index contributed by atoms with van der Waals surface area (Å²) >= 11 is 3.46. The molecule has 2 heterocycles. The Morgan fingerprint density at radius 3 is 2.07 bits per heavy atom. The van der Waals surface area contributed by atoms with E-state index in [1.807, 2.05) is 91.5 Å². The topological polar surface area (TPSA) is 73.0 Å². The van der Waals surface area contributed by atoms with Crippen molar-refractivity contribution in [3.63, 3.8) is 0 Å². The highest BCUT2D eigenvalue weighted by Gasteiger charge is 2.57. The molecule has 3 aromatic carbocycles. The van der Waals surface area contributed by atoms with Gasteiger partial charge >= 0.3 is 6.03 Å². The predicted octanol–water partition coefficient (Wildman–Crippen LogP) is 6.15. The van der Waals surface area contributed by atoms with E-state index >= 15 is 0 Å². The van der Waals surface area contributed by atoms with Crippen LogP contribution in [0.25, 0.3) is 0 Å². The van der Waals surface area contributed by atoms with Gasteiger partial charge in [0.05, 0.1) is 12.6 Å².